The van der Waals surface area contributed by atoms with Gasteiger partial charge in [-0.3, -0.25) is 10.1 Å². The Morgan fingerprint density at radius 1 is 1.67 bits per heavy atom. The molecule has 0 aromatic rings. The van der Waals surface area contributed by atoms with Crippen LogP contribution in [0.5, 0.6) is 0 Å². The third-order valence-electron chi connectivity index (χ3n) is 2.58. The Balaban J connectivity index is 2.37. The summed E-state index contributed by atoms with van der Waals surface area (Å²) in [6.45, 7) is 4.32. The third kappa shape index (κ3) is 3.75. The molecule has 0 aliphatic carbocycles. The fraction of sp³-hybridized carbons (Fsp3) is 0.778. The van der Waals surface area contributed by atoms with Crippen LogP contribution in [0.1, 0.15) is 6.92 Å². The highest BCUT2D eigenvalue weighted by atomic mass is 16.6. The van der Waals surface area contributed by atoms with Crippen LogP contribution in [0.15, 0.2) is 12.0 Å². The van der Waals surface area contributed by atoms with E-state index in [1.807, 2.05) is 0 Å². The highest BCUT2D eigenvalue weighted by Gasteiger charge is 2.24. The number of nitrogens with one attached hydrogen (secondary N) is 2. The quantitative estimate of drug-likeness (QED) is 0.504. The minimum absolute atomic E-state index is 0.425. The molecule has 0 spiro atoms. The Bertz CT molecular complexity index is 255. The zero-order chi connectivity index (χ0) is 11.3. The van der Waals surface area contributed by atoms with Crippen molar-refractivity contribution in [2.75, 3.05) is 26.8 Å². The van der Waals surface area contributed by atoms with Crippen molar-refractivity contribution in [3.05, 3.63) is 22.1 Å². The van der Waals surface area contributed by atoms with E-state index in [1.165, 1.54) is 0 Å². The molecule has 0 bridgehead atoms. The van der Waals surface area contributed by atoms with Gasteiger partial charge in [0.05, 0.1) is 11.5 Å². The van der Waals surface area contributed by atoms with Gasteiger partial charge < -0.3 is 15.4 Å². The highest BCUT2D eigenvalue weighted by molar-refractivity contribution is 4.91. The van der Waals surface area contributed by atoms with Gasteiger partial charge >= 0.3 is 0 Å². The number of hydrogen-bond acceptors (Lipinski definition) is 5. The predicted molar refractivity (Wildman–Crippen MR) is 55.6 cm³/mol. The van der Waals surface area contributed by atoms with E-state index >= 15 is 0 Å². The number of nitro groups is 1. The van der Waals surface area contributed by atoms with Crippen LogP contribution >= 0.6 is 0 Å². The van der Waals surface area contributed by atoms with Crippen LogP contribution in [-0.4, -0.2) is 31.7 Å². The summed E-state index contributed by atoms with van der Waals surface area (Å²) in [6.07, 6.45) is 0.931. The van der Waals surface area contributed by atoms with Gasteiger partial charge in [-0.15, -0.1) is 0 Å². The summed E-state index contributed by atoms with van der Waals surface area (Å²) >= 11 is 0. The van der Waals surface area contributed by atoms with Crippen LogP contribution in [0, 0.1) is 22.0 Å². The minimum atomic E-state index is -0.479. The lowest BCUT2D eigenvalue weighted by Gasteiger charge is -2.15. The number of rotatable bonds is 5. The molecule has 15 heavy (non-hydrogen) atoms. The van der Waals surface area contributed by atoms with E-state index in [-0.39, 0.29) is 0 Å². The number of hydrogen-bond donors (Lipinski definition) is 2. The second kappa shape index (κ2) is 5.55. The summed E-state index contributed by atoms with van der Waals surface area (Å²) in [5, 5.41) is 16.0. The molecule has 6 heteroatoms. The van der Waals surface area contributed by atoms with Gasteiger partial charge in [-0.1, -0.05) is 6.92 Å². The van der Waals surface area contributed by atoms with Crippen molar-refractivity contribution in [3.63, 3.8) is 0 Å². The lowest BCUT2D eigenvalue weighted by Crippen LogP contribution is -2.31. The summed E-state index contributed by atoms with van der Waals surface area (Å²) in [4.78, 5) is 9.77. The van der Waals surface area contributed by atoms with E-state index in [2.05, 4.69) is 17.6 Å². The SMILES string of the molecule is CN/C(=C\[N+](=O)[O-])NCC1COCC1C. The summed E-state index contributed by atoms with van der Waals surface area (Å²) in [7, 11) is 1.65. The molecular formula is C9H17N3O3. The van der Waals surface area contributed by atoms with E-state index in [0.29, 0.717) is 24.2 Å². The molecule has 1 saturated heterocycles. The van der Waals surface area contributed by atoms with Crippen LogP contribution < -0.4 is 10.6 Å². The van der Waals surface area contributed by atoms with E-state index < -0.39 is 4.92 Å². The third-order valence-corrected chi connectivity index (χ3v) is 2.58. The lowest BCUT2D eigenvalue weighted by atomic mass is 9.98. The average molecular weight is 215 g/mol. The van der Waals surface area contributed by atoms with Gasteiger partial charge in [0.2, 0.25) is 0 Å². The van der Waals surface area contributed by atoms with Gasteiger partial charge in [-0.2, -0.15) is 0 Å². The Labute approximate surface area is 88.8 Å². The molecular weight excluding hydrogens is 198 g/mol. The van der Waals surface area contributed by atoms with Crippen LogP contribution in [0.2, 0.25) is 0 Å². The Morgan fingerprint density at radius 2 is 2.40 bits per heavy atom. The fourth-order valence-electron chi connectivity index (χ4n) is 1.51. The first-order valence-corrected chi connectivity index (χ1v) is 4.98. The Morgan fingerprint density at radius 3 is 2.87 bits per heavy atom. The largest absolute Gasteiger partial charge is 0.381 e. The second-order valence-electron chi connectivity index (χ2n) is 3.73. The van der Waals surface area contributed by atoms with Crippen molar-refractivity contribution in [2.24, 2.45) is 11.8 Å². The summed E-state index contributed by atoms with van der Waals surface area (Å²) in [6, 6.07) is 0. The Hall–Kier alpha value is -1.30. The fourth-order valence-corrected chi connectivity index (χ4v) is 1.51. The molecule has 2 atom stereocenters. The topological polar surface area (TPSA) is 76.4 Å². The maximum atomic E-state index is 10.3. The molecule has 1 aliphatic rings. The van der Waals surface area contributed by atoms with Gasteiger partial charge in [0.25, 0.3) is 6.20 Å². The minimum Gasteiger partial charge on any atom is -0.381 e. The highest BCUT2D eigenvalue weighted by Crippen LogP contribution is 2.18. The smallest absolute Gasteiger partial charge is 0.274 e. The zero-order valence-corrected chi connectivity index (χ0v) is 9.03. The van der Waals surface area contributed by atoms with E-state index in [9.17, 15) is 10.1 Å². The normalized spacial score (nSPS) is 26.4. The first-order chi connectivity index (χ1) is 7.13. The van der Waals surface area contributed by atoms with Gasteiger partial charge in [-0.25, -0.2) is 0 Å². The van der Waals surface area contributed by atoms with E-state index in [0.717, 1.165) is 19.4 Å². The predicted octanol–water partition coefficient (Wildman–Crippen LogP) is 0.153. The van der Waals surface area contributed by atoms with Crippen molar-refractivity contribution in [3.8, 4) is 0 Å². The monoisotopic (exact) mass is 215 g/mol. The van der Waals surface area contributed by atoms with Crippen LogP contribution in [0.25, 0.3) is 0 Å². The van der Waals surface area contributed by atoms with Crippen LogP contribution in [0.3, 0.4) is 0 Å². The van der Waals surface area contributed by atoms with Gasteiger partial charge in [0.15, 0.2) is 5.82 Å². The molecule has 1 aliphatic heterocycles. The van der Waals surface area contributed by atoms with Gasteiger partial charge in [0, 0.05) is 26.1 Å². The van der Waals surface area contributed by atoms with E-state index in [1.54, 1.807) is 7.05 Å². The maximum Gasteiger partial charge on any atom is 0.274 e. The molecule has 2 unspecified atom stereocenters. The molecule has 6 nitrogen and oxygen atoms in total. The molecule has 0 radical (unpaired) electrons. The van der Waals surface area contributed by atoms with Crippen molar-refractivity contribution >= 4 is 0 Å². The molecule has 0 aromatic heterocycles. The molecule has 86 valence electrons. The molecule has 1 rings (SSSR count). The van der Waals surface area contributed by atoms with Gasteiger partial charge in [-0.05, 0) is 5.92 Å². The standard InChI is InChI=1S/C9H17N3O3/c1-7-5-15-6-8(7)3-11-9(10-2)4-12(13)14/h4,7-8,10-11H,3,5-6H2,1-2H3/b9-4+. The molecule has 0 amide bonds. The lowest BCUT2D eigenvalue weighted by molar-refractivity contribution is -0.404. The molecule has 1 heterocycles. The summed E-state index contributed by atoms with van der Waals surface area (Å²) in [5.74, 6) is 1.36. The Kier molecular flexibility index (Phi) is 4.36. The van der Waals surface area contributed by atoms with Crippen molar-refractivity contribution in [1.82, 2.24) is 10.6 Å². The van der Waals surface area contributed by atoms with Crippen molar-refractivity contribution < 1.29 is 9.66 Å². The summed E-state index contributed by atoms with van der Waals surface area (Å²) < 4.78 is 5.30. The first kappa shape index (κ1) is 11.8. The molecule has 0 saturated carbocycles. The van der Waals surface area contributed by atoms with Crippen molar-refractivity contribution in [1.29, 1.82) is 0 Å². The van der Waals surface area contributed by atoms with Gasteiger partial charge in [0.1, 0.15) is 0 Å². The molecule has 2 N–H and O–H groups in total. The molecule has 1 fully saturated rings. The maximum absolute atomic E-state index is 10.3. The zero-order valence-electron chi connectivity index (χ0n) is 9.03. The van der Waals surface area contributed by atoms with E-state index in [4.69, 9.17) is 4.74 Å². The van der Waals surface area contributed by atoms with Crippen LogP contribution in [-0.2, 0) is 4.74 Å². The first-order valence-electron chi connectivity index (χ1n) is 4.98. The number of nitrogens with zero attached hydrogens (tertiary/aromatic N) is 1. The van der Waals surface area contributed by atoms with Crippen molar-refractivity contribution in [2.45, 2.75) is 6.92 Å². The second-order valence-corrected chi connectivity index (χ2v) is 3.73. The molecule has 0 aromatic carbocycles. The van der Waals surface area contributed by atoms with Crippen LogP contribution in [0.4, 0.5) is 0 Å². The number of ether oxygens (including phenoxy) is 1. The summed E-state index contributed by atoms with van der Waals surface area (Å²) in [5.41, 5.74) is 0. The average Bonchev–Trinajstić information content (AvgIpc) is 2.58.